The van der Waals surface area contributed by atoms with Crippen LogP contribution >= 0.6 is 0 Å². The molecule has 0 bridgehead atoms. The highest BCUT2D eigenvalue weighted by Gasteiger charge is 2.16. The zero-order chi connectivity index (χ0) is 11.8. The Morgan fingerprint density at radius 2 is 2.38 bits per heavy atom. The number of carboxylic acids is 1. The van der Waals surface area contributed by atoms with Crippen molar-refractivity contribution >= 4 is 5.97 Å². The molecule has 5 nitrogen and oxygen atoms in total. The Hall–Kier alpha value is -0.650. The maximum Gasteiger partial charge on any atom is 0.303 e. The molecule has 0 aromatic heterocycles. The summed E-state index contributed by atoms with van der Waals surface area (Å²) in [6.07, 6.45) is 2.20. The van der Waals surface area contributed by atoms with Crippen LogP contribution in [-0.4, -0.2) is 61.9 Å². The SMILES string of the molecule is CN1CCOC(CNCCCCC(=O)O)C1. The standard InChI is InChI=1S/C11H22N2O3/c1-13-6-7-16-10(9-13)8-12-5-3-2-4-11(14)15/h10,12H,2-9H2,1H3,(H,14,15). The van der Waals surface area contributed by atoms with Gasteiger partial charge in [0.25, 0.3) is 0 Å². The first kappa shape index (κ1) is 13.4. The summed E-state index contributed by atoms with van der Waals surface area (Å²) >= 11 is 0. The van der Waals surface area contributed by atoms with Crippen LogP contribution < -0.4 is 5.32 Å². The van der Waals surface area contributed by atoms with Crippen LogP contribution in [0, 0.1) is 0 Å². The maximum absolute atomic E-state index is 10.3. The topological polar surface area (TPSA) is 61.8 Å². The molecule has 1 unspecified atom stereocenters. The smallest absolute Gasteiger partial charge is 0.303 e. The first-order chi connectivity index (χ1) is 7.68. The van der Waals surface area contributed by atoms with Crippen molar-refractivity contribution in [3.8, 4) is 0 Å². The summed E-state index contributed by atoms with van der Waals surface area (Å²) in [6.45, 7) is 4.52. The Labute approximate surface area is 96.8 Å². The number of hydrogen-bond donors (Lipinski definition) is 2. The Morgan fingerprint density at radius 1 is 1.56 bits per heavy atom. The Morgan fingerprint density at radius 3 is 3.06 bits per heavy atom. The lowest BCUT2D eigenvalue weighted by Gasteiger charge is -2.30. The van der Waals surface area contributed by atoms with E-state index in [0.29, 0.717) is 0 Å². The van der Waals surface area contributed by atoms with Crippen molar-refractivity contribution in [2.24, 2.45) is 0 Å². The molecule has 0 aromatic carbocycles. The number of nitrogens with zero attached hydrogens (tertiary/aromatic N) is 1. The lowest BCUT2D eigenvalue weighted by Crippen LogP contribution is -2.44. The predicted molar refractivity (Wildman–Crippen MR) is 61.6 cm³/mol. The molecule has 0 saturated carbocycles. The summed E-state index contributed by atoms with van der Waals surface area (Å²) < 4.78 is 5.59. The molecule has 0 aliphatic carbocycles. The summed E-state index contributed by atoms with van der Waals surface area (Å²) in [6, 6.07) is 0. The summed E-state index contributed by atoms with van der Waals surface area (Å²) in [5.41, 5.74) is 0. The number of hydrogen-bond acceptors (Lipinski definition) is 4. The molecule has 1 aliphatic rings. The molecule has 5 heteroatoms. The number of unbranched alkanes of at least 4 members (excludes halogenated alkanes) is 1. The quantitative estimate of drug-likeness (QED) is 0.610. The van der Waals surface area contributed by atoms with E-state index in [0.717, 1.165) is 45.6 Å². The highest BCUT2D eigenvalue weighted by atomic mass is 16.5. The molecule has 0 radical (unpaired) electrons. The minimum Gasteiger partial charge on any atom is -0.481 e. The van der Waals surface area contributed by atoms with Crippen molar-refractivity contribution in [3.63, 3.8) is 0 Å². The summed E-state index contributed by atoms with van der Waals surface area (Å²) in [7, 11) is 2.10. The van der Waals surface area contributed by atoms with Crippen LogP contribution in [0.4, 0.5) is 0 Å². The van der Waals surface area contributed by atoms with Crippen LogP contribution in [-0.2, 0) is 9.53 Å². The fraction of sp³-hybridized carbons (Fsp3) is 0.909. The Bertz CT molecular complexity index is 211. The van der Waals surface area contributed by atoms with Gasteiger partial charge in [-0.1, -0.05) is 0 Å². The van der Waals surface area contributed by atoms with E-state index in [4.69, 9.17) is 9.84 Å². The molecule has 1 saturated heterocycles. The van der Waals surface area contributed by atoms with Gasteiger partial charge in [0.1, 0.15) is 0 Å². The van der Waals surface area contributed by atoms with Crippen LogP contribution in [0.15, 0.2) is 0 Å². The molecule has 1 aliphatic heterocycles. The highest BCUT2D eigenvalue weighted by Crippen LogP contribution is 2.01. The van der Waals surface area contributed by atoms with Crippen LogP contribution in [0.25, 0.3) is 0 Å². The van der Waals surface area contributed by atoms with Crippen LogP contribution in [0.5, 0.6) is 0 Å². The molecule has 16 heavy (non-hydrogen) atoms. The first-order valence-electron chi connectivity index (χ1n) is 5.91. The van der Waals surface area contributed by atoms with Gasteiger partial charge in [0.2, 0.25) is 0 Å². The van der Waals surface area contributed by atoms with E-state index in [-0.39, 0.29) is 12.5 Å². The van der Waals surface area contributed by atoms with Crippen molar-refractivity contribution in [2.45, 2.75) is 25.4 Å². The second kappa shape index (κ2) is 7.60. The van der Waals surface area contributed by atoms with E-state index >= 15 is 0 Å². The van der Waals surface area contributed by atoms with Gasteiger partial charge in [-0.25, -0.2) is 0 Å². The zero-order valence-corrected chi connectivity index (χ0v) is 9.95. The minimum absolute atomic E-state index is 0.268. The molecule has 94 valence electrons. The lowest BCUT2D eigenvalue weighted by molar-refractivity contribution is -0.137. The fourth-order valence-corrected chi connectivity index (χ4v) is 1.78. The number of rotatable bonds is 7. The Kier molecular flexibility index (Phi) is 6.37. The number of nitrogens with one attached hydrogen (secondary N) is 1. The largest absolute Gasteiger partial charge is 0.481 e. The number of carbonyl (C=O) groups is 1. The average molecular weight is 230 g/mol. The van der Waals surface area contributed by atoms with Gasteiger partial charge < -0.3 is 20.1 Å². The van der Waals surface area contributed by atoms with Gasteiger partial charge in [0, 0.05) is 26.1 Å². The molecule has 0 aromatic rings. The van der Waals surface area contributed by atoms with Gasteiger partial charge in [0.15, 0.2) is 0 Å². The molecule has 0 amide bonds. The second-order valence-electron chi connectivity index (χ2n) is 4.31. The van der Waals surface area contributed by atoms with E-state index < -0.39 is 5.97 Å². The monoisotopic (exact) mass is 230 g/mol. The highest BCUT2D eigenvalue weighted by molar-refractivity contribution is 5.66. The van der Waals surface area contributed by atoms with Crippen molar-refractivity contribution in [1.82, 2.24) is 10.2 Å². The molecule has 0 spiro atoms. The second-order valence-corrected chi connectivity index (χ2v) is 4.31. The first-order valence-corrected chi connectivity index (χ1v) is 5.91. The normalized spacial score (nSPS) is 22.2. The van der Waals surface area contributed by atoms with Crippen LogP contribution in [0.3, 0.4) is 0 Å². The van der Waals surface area contributed by atoms with Gasteiger partial charge in [-0.2, -0.15) is 0 Å². The van der Waals surface area contributed by atoms with E-state index in [1.54, 1.807) is 0 Å². The third kappa shape index (κ3) is 6.05. The van der Waals surface area contributed by atoms with Crippen molar-refractivity contribution in [2.75, 3.05) is 39.8 Å². The number of aliphatic carboxylic acids is 1. The molecular formula is C11H22N2O3. The number of morpholine rings is 1. The summed E-state index contributed by atoms with van der Waals surface area (Å²) in [4.78, 5) is 12.5. The maximum atomic E-state index is 10.3. The summed E-state index contributed by atoms with van der Waals surface area (Å²) in [5, 5.41) is 11.8. The van der Waals surface area contributed by atoms with Gasteiger partial charge in [-0.3, -0.25) is 4.79 Å². The molecular weight excluding hydrogens is 208 g/mol. The summed E-state index contributed by atoms with van der Waals surface area (Å²) in [5.74, 6) is -0.711. The van der Waals surface area contributed by atoms with E-state index in [2.05, 4.69) is 17.3 Å². The number of carboxylic acid groups (broad SMARTS) is 1. The number of likely N-dealkylation sites (N-methyl/N-ethyl adjacent to an activating group) is 1. The lowest BCUT2D eigenvalue weighted by atomic mass is 10.2. The van der Waals surface area contributed by atoms with E-state index in [1.165, 1.54) is 0 Å². The van der Waals surface area contributed by atoms with Crippen LogP contribution in [0.2, 0.25) is 0 Å². The van der Waals surface area contributed by atoms with Gasteiger partial charge in [-0.15, -0.1) is 0 Å². The average Bonchev–Trinajstić information content (AvgIpc) is 2.23. The van der Waals surface area contributed by atoms with Gasteiger partial charge in [0.05, 0.1) is 12.7 Å². The van der Waals surface area contributed by atoms with Gasteiger partial charge in [-0.05, 0) is 26.4 Å². The van der Waals surface area contributed by atoms with Crippen molar-refractivity contribution in [1.29, 1.82) is 0 Å². The van der Waals surface area contributed by atoms with Crippen molar-refractivity contribution < 1.29 is 14.6 Å². The van der Waals surface area contributed by atoms with Crippen LogP contribution in [0.1, 0.15) is 19.3 Å². The minimum atomic E-state index is -0.711. The van der Waals surface area contributed by atoms with E-state index in [1.807, 2.05) is 0 Å². The Balaban J connectivity index is 1.92. The third-order valence-corrected chi connectivity index (χ3v) is 2.71. The zero-order valence-electron chi connectivity index (χ0n) is 9.95. The molecule has 1 atom stereocenters. The fourth-order valence-electron chi connectivity index (χ4n) is 1.78. The molecule has 1 fully saturated rings. The third-order valence-electron chi connectivity index (χ3n) is 2.71. The molecule has 2 N–H and O–H groups in total. The predicted octanol–water partition coefficient (Wildman–Crippen LogP) is 0.162. The number of ether oxygens (including phenoxy) is 1. The molecule has 1 rings (SSSR count). The van der Waals surface area contributed by atoms with Crippen molar-refractivity contribution in [3.05, 3.63) is 0 Å². The molecule has 1 heterocycles. The van der Waals surface area contributed by atoms with E-state index in [9.17, 15) is 4.79 Å². The van der Waals surface area contributed by atoms with Gasteiger partial charge >= 0.3 is 5.97 Å².